The first-order valence-electron chi connectivity index (χ1n) is 18.6. The highest BCUT2D eigenvalue weighted by atomic mass is 15.2. The minimum Gasteiger partial charge on any atom is -0.320 e. The lowest BCUT2D eigenvalue weighted by Gasteiger charge is -2.29. The van der Waals surface area contributed by atoms with Crippen molar-refractivity contribution in [3.05, 3.63) is 206 Å². The largest absolute Gasteiger partial charge is 0.320 e. The molecule has 10 aromatic rings. The van der Waals surface area contributed by atoms with Gasteiger partial charge in [0.25, 0.3) is 0 Å². The van der Waals surface area contributed by atoms with E-state index >= 15 is 0 Å². The van der Waals surface area contributed by atoms with Crippen molar-refractivity contribution in [1.29, 1.82) is 0 Å². The third-order valence-corrected chi connectivity index (χ3v) is 10.9. The molecule has 0 saturated heterocycles. The van der Waals surface area contributed by atoms with Gasteiger partial charge in [-0.15, -0.1) is 0 Å². The second-order valence-electron chi connectivity index (χ2n) is 14.1. The molecule has 5 heteroatoms. The standard InChI is InChI=1S/C50H33N5/c1-4-16-34(17-5-1)47-51-48(35-18-6-2-7-19-35)53-49(52-47)50(30-14-15-31-50)55-45-25-13-11-23-40(45)42-33-37(27-29-46(42)55)36-26-28-44-41(32-36)39-22-10-12-24-43(39)54(44)38-20-8-3-9-21-38/h1-33H. The smallest absolute Gasteiger partial charge is 0.167 e. The summed E-state index contributed by atoms with van der Waals surface area (Å²) in [6.07, 6.45) is 8.62. The van der Waals surface area contributed by atoms with Crippen LogP contribution in [-0.2, 0) is 5.54 Å². The zero-order chi connectivity index (χ0) is 36.3. The molecule has 3 aromatic heterocycles. The minimum atomic E-state index is -0.795. The third kappa shape index (κ3) is 4.90. The zero-order valence-electron chi connectivity index (χ0n) is 29.8. The van der Waals surface area contributed by atoms with E-state index in [1.165, 1.54) is 43.7 Å². The fourth-order valence-electron chi connectivity index (χ4n) is 8.40. The SMILES string of the molecule is C1=CC(c2nc(-c3ccccc3)nc(-c3ccccc3)n2)(n2c3ccccc3c3cc(-c4ccc5c(c4)c4ccccc4n5-c4ccccc4)ccc32)C=C1. The molecule has 3 heterocycles. The van der Waals surface area contributed by atoms with Crippen molar-refractivity contribution < 1.29 is 0 Å². The lowest BCUT2D eigenvalue weighted by atomic mass is 9.98. The van der Waals surface area contributed by atoms with E-state index in [9.17, 15) is 0 Å². The van der Waals surface area contributed by atoms with E-state index in [2.05, 4.69) is 173 Å². The molecule has 7 aromatic carbocycles. The van der Waals surface area contributed by atoms with Gasteiger partial charge in [0.1, 0.15) is 5.54 Å². The van der Waals surface area contributed by atoms with Crippen LogP contribution in [0.15, 0.2) is 200 Å². The summed E-state index contributed by atoms with van der Waals surface area (Å²) >= 11 is 0. The summed E-state index contributed by atoms with van der Waals surface area (Å²) in [5.41, 5.74) is 9.19. The Morgan fingerprint density at radius 2 is 0.818 bits per heavy atom. The average molecular weight is 704 g/mol. The predicted octanol–water partition coefficient (Wildman–Crippen LogP) is 11.9. The monoisotopic (exact) mass is 703 g/mol. The van der Waals surface area contributed by atoms with Crippen molar-refractivity contribution in [2.75, 3.05) is 0 Å². The molecule has 0 unspecified atom stereocenters. The number of benzene rings is 7. The molecule has 0 fully saturated rings. The summed E-state index contributed by atoms with van der Waals surface area (Å²) < 4.78 is 4.76. The van der Waals surface area contributed by atoms with E-state index in [1.807, 2.05) is 36.4 Å². The Hall–Kier alpha value is -7.37. The van der Waals surface area contributed by atoms with Crippen molar-refractivity contribution >= 4 is 43.6 Å². The first kappa shape index (κ1) is 31.2. The minimum absolute atomic E-state index is 0.643. The molecule has 1 aliphatic carbocycles. The quantitative estimate of drug-likeness (QED) is 0.173. The van der Waals surface area contributed by atoms with Crippen molar-refractivity contribution in [2.24, 2.45) is 0 Å². The zero-order valence-corrected chi connectivity index (χ0v) is 29.8. The van der Waals surface area contributed by atoms with Crippen LogP contribution in [-0.4, -0.2) is 24.1 Å². The van der Waals surface area contributed by atoms with Gasteiger partial charge in [-0.1, -0.05) is 140 Å². The van der Waals surface area contributed by atoms with Gasteiger partial charge < -0.3 is 9.13 Å². The topological polar surface area (TPSA) is 48.5 Å². The number of fused-ring (bicyclic) bond motifs is 6. The van der Waals surface area contributed by atoms with Crippen LogP contribution in [0.1, 0.15) is 5.82 Å². The number of nitrogens with zero attached hydrogens (tertiary/aromatic N) is 5. The van der Waals surface area contributed by atoms with Crippen LogP contribution in [0.25, 0.3) is 83.2 Å². The van der Waals surface area contributed by atoms with Gasteiger partial charge in [0.15, 0.2) is 17.5 Å². The van der Waals surface area contributed by atoms with Crippen LogP contribution in [0.4, 0.5) is 0 Å². The van der Waals surface area contributed by atoms with Gasteiger partial charge in [-0.3, -0.25) is 0 Å². The Kier molecular flexibility index (Phi) is 7.01. The highest BCUT2D eigenvalue weighted by Gasteiger charge is 2.37. The molecular weight excluding hydrogens is 671 g/mol. The highest BCUT2D eigenvalue weighted by molar-refractivity contribution is 6.12. The summed E-state index contributed by atoms with van der Waals surface area (Å²) in [7, 11) is 0. The molecule has 258 valence electrons. The Morgan fingerprint density at radius 1 is 0.364 bits per heavy atom. The lowest BCUT2D eigenvalue weighted by Crippen LogP contribution is -2.32. The van der Waals surface area contributed by atoms with Gasteiger partial charge in [0.05, 0.1) is 22.1 Å². The molecular formula is C50H33N5. The number of hydrogen-bond donors (Lipinski definition) is 0. The fraction of sp³-hybridized carbons (Fsp3) is 0.0200. The number of hydrogen-bond acceptors (Lipinski definition) is 3. The number of aromatic nitrogens is 5. The molecule has 0 radical (unpaired) electrons. The maximum atomic E-state index is 5.25. The van der Waals surface area contributed by atoms with Gasteiger partial charge >= 0.3 is 0 Å². The van der Waals surface area contributed by atoms with Crippen LogP contribution in [0.5, 0.6) is 0 Å². The second kappa shape index (κ2) is 12.4. The normalized spacial score (nSPS) is 13.5. The molecule has 11 rings (SSSR count). The molecule has 0 N–H and O–H groups in total. The first-order valence-corrected chi connectivity index (χ1v) is 18.6. The van der Waals surface area contributed by atoms with Gasteiger partial charge in [0.2, 0.25) is 0 Å². The van der Waals surface area contributed by atoms with E-state index in [1.54, 1.807) is 0 Å². The first-order chi connectivity index (χ1) is 27.2. The van der Waals surface area contributed by atoms with Crippen LogP contribution < -0.4 is 0 Å². The van der Waals surface area contributed by atoms with Crippen molar-refractivity contribution in [2.45, 2.75) is 5.54 Å². The van der Waals surface area contributed by atoms with Crippen molar-refractivity contribution in [1.82, 2.24) is 24.1 Å². The van der Waals surface area contributed by atoms with Crippen LogP contribution in [0, 0.1) is 0 Å². The molecule has 0 atom stereocenters. The number of para-hydroxylation sites is 3. The molecule has 0 amide bonds. The summed E-state index contributed by atoms with van der Waals surface area (Å²) in [5.74, 6) is 1.95. The molecule has 0 aliphatic heterocycles. The van der Waals surface area contributed by atoms with Crippen LogP contribution in [0.3, 0.4) is 0 Å². The maximum absolute atomic E-state index is 5.25. The summed E-state index contributed by atoms with van der Waals surface area (Å²) in [5, 5.41) is 4.83. The predicted molar refractivity (Wildman–Crippen MR) is 225 cm³/mol. The number of allylic oxidation sites excluding steroid dienone is 4. The van der Waals surface area contributed by atoms with Crippen LogP contribution >= 0.6 is 0 Å². The Bertz CT molecular complexity index is 3070. The molecule has 0 bridgehead atoms. The summed E-state index contributed by atoms with van der Waals surface area (Å²) in [4.78, 5) is 15.5. The Balaban J connectivity index is 1.12. The van der Waals surface area contributed by atoms with Gasteiger partial charge in [0, 0.05) is 38.4 Å². The molecule has 55 heavy (non-hydrogen) atoms. The van der Waals surface area contributed by atoms with Crippen molar-refractivity contribution in [3.63, 3.8) is 0 Å². The average Bonchev–Trinajstić information content (AvgIpc) is 3.98. The van der Waals surface area contributed by atoms with Crippen LogP contribution in [0.2, 0.25) is 0 Å². The summed E-state index contributed by atoms with van der Waals surface area (Å²) in [6, 6.07) is 62.1. The second-order valence-corrected chi connectivity index (χ2v) is 14.1. The Labute approximate surface area is 317 Å². The Morgan fingerprint density at radius 3 is 1.44 bits per heavy atom. The van der Waals surface area contributed by atoms with E-state index in [4.69, 9.17) is 15.0 Å². The molecule has 5 nitrogen and oxygen atoms in total. The van der Waals surface area contributed by atoms with Gasteiger partial charge in [-0.2, -0.15) is 0 Å². The van der Waals surface area contributed by atoms with E-state index < -0.39 is 5.54 Å². The molecule has 0 spiro atoms. The fourth-order valence-corrected chi connectivity index (χ4v) is 8.40. The van der Waals surface area contributed by atoms with Gasteiger partial charge in [-0.05, 0) is 71.8 Å². The lowest BCUT2D eigenvalue weighted by molar-refractivity contribution is 0.559. The summed E-state index contributed by atoms with van der Waals surface area (Å²) in [6.45, 7) is 0. The van der Waals surface area contributed by atoms with Crippen molar-refractivity contribution in [3.8, 4) is 39.6 Å². The van der Waals surface area contributed by atoms with E-state index in [-0.39, 0.29) is 0 Å². The third-order valence-electron chi connectivity index (χ3n) is 10.9. The van der Waals surface area contributed by atoms with Gasteiger partial charge in [-0.25, -0.2) is 15.0 Å². The molecule has 1 aliphatic rings. The molecule has 0 saturated carbocycles. The van der Waals surface area contributed by atoms with E-state index in [0.29, 0.717) is 17.5 Å². The van der Waals surface area contributed by atoms with E-state index in [0.717, 1.165) is 27.8 Å². The highest BCUT2D eigenvalue weighted by Crippen LogP contribution is 2.43. The maximum Gasteiger partial charge on any atom is 0.167 e. The number of rotatable bonds is 6.